The maximum absolute atomic E-state index is 12.3. The van der Waals surface area contributed by atoms with Crippen LogP contribution in [0.15, 0.2) is 66.9 Å². The van der Waals surface area contributed by atoms with Crippen molar-refractivity contribution in [1.82, 2.24) is 4.98 Å². The minimum Gasteiger partial charge on any atom is -0.478 e. The molecule has 3 aromatic rings. The zero-order chi connectivity index (χ0) is 15.5. The van der Waals surface area contributed by atoms with Crippen LogP contribution < -0.4 is 0 Å². The van der Waals surface area contributed by atoms with Crippen molar-refractivity contribution in [3.63, 3.8) is 0 Å². The predicted molar refractivity (Wildman–Crippen MR) is 83.1 cm³/mol. The average Bonchev–Trinajstić information content (AvgIpc) is 3.05. The molecule has 4 nitrogen and oxygen atoms in total. The van der Waals surface area contributed by atoms with Crippen LogP contribution in [-0.2, 0) is 0 Å². The van der Waals surface area contributed by atoms with Crippen LogP contribution in [-0.4, -0.2) is 21.8 Å². The Morgan fingerprint density at radius 3 is 2.05 bits per heavy atom. The lowest BCUT2D eigenvalue weighted by molar-refractivity contribution is 0.0697. The molecule has 4 heteroatoms. The fourth-order valence-electron chi connectivity index (χ4n) is 2.25. The highest BCUT2D eigenvalue weighted by Crippen LogP contribution is 2.20. The monoisotopic (exact) mass is 291 g/mol. The number of H-pyrrole nitrogens is 1. The summed E-state index contributed by atoms with van der Waals surface area (Å²) in [6, 6.07) is 18.5. The number of carbonyl (C=O) groups is 2. The topological polar surface area (TPSA) is 70.2 Å². The van der Waals surface area contributed by atoms with Crippen LogP contribution in [0.5, 0.6) is 0 Å². The zero-order valence-electron chi connectivity index (χ0n) is 11.6. The molecule has 3 rings (SSSR count). The van der Waals surface area contributed by atoms with Gasteiger partial charge in [0, 0.05) is 11.8 Å². The van der Waals surface area contributed by atoms with Gasteiger partial charge in [-0.2, -0.15) is 0 Å². The summed E-state index contributed by atoms with van der Waals surface area (Å²) >= 11 is 0. The molecule has 1 heterocycles. The molecule has 108 valence electrons. The number of aromatic nitrogens is 1. The Kier molecular flexibility index (Phi) is 3.58. The SMILES string of the molecule is O=C(O)c1c[nH]c(C(=O)c2ccc(-c3ccccc3)cc2)c1. The third-order valence-corrected chi connectivity index (χ3v) is 3.43. The number of carboxylic acid groups (broad SMARTS) is 1. The van der Waals surface area contributed by atoms with Crippen molar-refractivity contribution in [2.45, 2.75) is 0 Å². The number of aromatic carboxylic acids is 1. The molecule has 22 heavy (non-hydrogen) atoms. The third kappa shape index (κ3) is 2.67. The molecule has 0 radical (unpaired) electrons. The summed E-state index contributed by atoms with van der Waals surface area (Å²) in [4.78, 5) is 25.9. The average molecular weight is 291 g/mol. The number of carboxylic acids is 1. The standard InChI is InChI=1S/C18H13NO3/c20-17(16-10-15(11-19-16)18(21)22)14-8-6-13(7-9-14)12-4-2-1-3-5-12/h1-11,19H,(H,21,22). The first-order valence-corrected chi connectivity index (χ1v) is 6.77. The lowest BCUT2D eigenvalue weighted by Gasteiger charge is -2.03. The van der Waals surface area contributed by atoms with Crippen LogP contribution in [0.3, 0.4) is 0 Å². The Bertz CT molecular complexity index is 817. The lowest BCUT2D eigenvalue weighted by Crippen LogP contribution is -2.01. The number of aromatic amines is 1. The maximum atomic E-state index is 12.3. The number of ketones is 1. The van der Waals surface area contributed by atoms with Crippen LogP contribution in [0, 0.1) is 0 Å². The zero-order valence-corrected chi connectivity index (χ0v) is 11.6. The van der Waals surface area contributed by atoms with Gasteiger partial charge in [0.25, 0.3) is 0 Å². The van der Waals surface area contributed by atoms with Gasteiger partial charge in [0.05, 0.1) is 11.3 Å². The maximum Gasteiger partial charge on any atom is 0.337 e. The molecule has 0 aliphatic rings. The molecule has 0 amide bonds. The summed E-state index contributed by atoms with van der Waals surface area (Å²) in [5, 5.41) is 8.88. The first-order valence-electron chi connectivity index (χ1n) is 6.77. The van der Waals surface area contributed by atoms with Gasteiger partial charge in [-0.3, -0.25) is 4.79 Å². The van der Waals surface area contributed by atoms with Crippen LogP contribution in [0.1, 0.15) is 26.4 Å². The second-order valence-electron chi connectivity index (χ2n) is 4.88. The number of nitrogens with one attached hydrogen (secondary N) is 1. The van der Waals surface area contributed by atoms with E-state index in [1.54, 1.807) is 12.1 Å². The molecule has 0 saturated carbocycles. The normalized spacial score (nSPS) is 10.4. The highest BCUT2D eigenvalue weighted by molar-refractivity contribution is 6.09. The molecule has 0 atom stereocenters. The van der Waals surface area contributed by atoms with Gasteiger partial charge < -0.3 is 10.1 Å². The van der Waals surface area contributed by atoms with Crippen molar-refractivity contribution >= 4 is 11.8 Å². The highest BCUT2D eigenvalue weighted by Gasteiger charge is 2.14. The lowest BCUT2D eigenvalue weighted by atomic mass is 10.0. The van der Waals surface area contributed by atoms with E-state index in [-0.39, 0.29) is 17.0 Å². The van der Waals surface area contributed by atoms with Gasteiger partial charge in [0.15, 0.2) is 0 Å². The van der Waals surface area contributed by atoms with E-state index >= 15 is 0 Å². The van der Waals surface area contributed by atoms with Crippen molar-refractivity contribution in [3.05, 3.63) is 83.7 Å². The molecule has 0 unspecified atom stereocenters. The molecular formula is C18H13NO3. The van der Waals surface area contributed by atoms with E-state index in [0.29, 0.717) is 5.56 Å². The Morgan fingerprint density at radius 1 is 0.818 bits per heavy atom. The third-order valence-electron chi connectivity index (χ3n) is 3.43. The van der Waals surface area contributed by atoms with Crippen molar-refractivity contribution in [2.24, 2.45) is 0 Å². The summed E-state index contributed by atoms with van der Waals surface area (Å²) in [6.45, 7) is 0. The summed E-state index contributed by atoms with van der Waals surface area (Å²) in [5.41, 5.74) is 2.96. The fraction of sp³-hybridized carbons (Fsp3) is 0. The summed E-state index contributed by atoms with van der Waals surface area (Å²) in [6.07, 6.45) is 1.31. The van der Waals surface area contributed by atoms with Gasteiger partial charge in [-0.1, -0.05) is 54.6 Å². The van der Waals surface area contributed by atoms with E-state index in [4.69, 9.17) is 5.11 Å². The van der Waals surface area contributed by atoms with Gasteiger partial charge in [0.2, 0.25) is 5.78 Å². The molecule has 0 bridgehead atoms. The Balaban J connectivity index is 1.86. The van der Waals surface area contributed by atoms with Crippen molar-refractivity contribution in [2.75, 3.05) is 0 Å². The van der Waals surface area contributed by atoms with Crippen molar-refractivity contribution in [3.8, 4) is 11.1 Å². The molecule has 0 aliphatic heterocycles. The van der Waals surface area contributed by atoms with Gasteiger partial charge in [-0.05, 0) is 17.2 Å². The minimum absolute atomic E-state index is 0.0734. The molecule has 2 N–H and O–H groups in total. The van der Waals surface area contributed by atoms with Gasteiger partial charge in [0.1, 0.15) is 0 Å². The Hall–Kier alpha value is -3.14. The van der Waals surface area contributed by atoms with E-state index in [1.807, 2.05) is 42.5 Å². The van der Waals surface area contributed by atoms with E-state index < -0.39 is 5.97 Å². The summed E-state index contributed by atoms with van der Waals surface area (Å²) in [7, 11) is 0. The smallest absolute Gasteiger partial charge is 0.337 e. The molecule has 0 fully saturated rings. The first kappa shape index (κ1) is 13.8. The van der Waals surface area contributed by atoms with Gasteiger partial charge in [-0.15, -0.1) is 0 Å². The number of hydrogen-bond acceptors (Lipinski definition) is 2. The van der Waals surface area contributed by atoms with Crippen molar-refractivity contribution in [1.29, 1.82) is 0 Å². The molecule has 0 spiro atoms. The molecular weight excluding hydrogens is 278 g/mol. The minimum atomic E-state index is -1.06. The van der Waals surface area contributed by atoms with Gasteiger partial charge >= 0.3 is 5.97 Å². The van der Waals surface area contributed by atoms with E-state index in [9.17, 15) is 9.59 Å². The van der Waals surface area contributed by atoms with Crippen LogP contribution in [0.2, 0.25) is 0 Å². The molecule has 0 saturated heterocycles. The predicted octanol–water partition coefficient (Wildman–Crippen LogP) is 3.61. The van der Waals surface area contributed by atoms with Crippen LogP contribution in [0.25, 0.3) is 11.1 Å². The largest absolute Gasteiger partial charge is 0.478 e. The highest BCUT2D eigenvalue weighted by atomic mass is 16.4. The molecule has 1 aromatic heterocycles. The molecule has 2 aromatic carbocycles. The Labute approximate surface area is 127 Å². The Morgan fingerprint density at radius 2 is 1.45 bits per heavy atom. The van der Waals surface area contributed by atoms with E-state index in [1.165, 1.54) is 12.3 Å². The summed E-state index contributed by atoms with van der Waals surface area (Å²) < 4.78 is 0. The number of benzene rings is 2. The summed E-state index contributed by atoms with van der Waals surface area (Å²) in [5.74, 6) is -1.29. The number of carbonyl (C=O) groups excluding carboxylic acids is 1. The number of rotatable bonds is 4. The van der Waals surface area contributed by atoms with Crippen LogP contribution in [0.4, 0.5) is 0 Å². The van der Waals surface area contributed by atoms with E-state index in [0.717, 1.165) is 11.1 Å². The first-order chi connectivity index (χ1) is 10.6. The second kappa shape index (κ2) is 5.69. The van der Waals surface area contributed by atoms with Gasteiger partial charge in [-0.25, -0.2) is 4.79 Å². The fourth-order valence-corrected chi connectivity index (χ4v) is 2.25. The second-order valence-corrected chi connectivity index (χ2v) is 4.88. The quantitative estimate of drug-likeness (QED) is 0.721. The molecule has 0 aliphatic carbocycles. The van der Waals surface area contributed by atoms with E-state index in [2.05, 4.69) is 4.98 Å². The van der Waals surface area contributed by atoms with Crippen molar-refractivity contribution < 1.29 is 14.7 Å². The van der Waals surface area contributed by atoms with Crippen LogP contribution >= 0.6 is 0 Å². The number of hydrogen-bond donors (Lipinski definition) is 2.